The molecule has 0 amide bonds. The molecule has 0 unspecified atom stereocenters. The van der Waals surface area contributed by atoms with Crippen molar-refractivity contribution in [3.63, 3.8) is 0 Å². The number of anilines is 1. The summed E-state index contributed by atoms with van der Waals surface area (Å²) in [5.41, 5.74) is 1.84. The van der Waals surface area contributed by atoms with Crippen molar-refractivity contribution in [1.82, 2.24) is 14.5 Å². The van der Waals surface area contributed by atoms with Gasteiger partial charge in [0.25, 0.3) is 15.6 Å². The van der Waals surface area contributed by atoms with E-state index in [2.05, 4.69) is 14.7 Å². The lowest BCUT2D eigenvalue weighted by Crippen LogP contribution is -2.27. The lowest BCUT2D eigenvalue weighted by atomic mass is 10.0. The molecule has 0 aliphatic carbocycles. The summed E-state index contributed by atoms with van der Waals surface area (Å²) in [5, 5.41) is 0.0620. The lowest BCUT2D eigenvalue weighted by Gasteiger charge is -2.14. The molecule has 9 nitrogen and oxygen atoms in total. The number of methoxy groups -OCH3 is 1. The Kier molecular flexibility index (Phi) is 7.28. The Balaban J connectivity index is 1.71. The Bertz CT molecular complexity index is 1690. The van der Waals surface area contributed by atoms with Gasteiger partial charge in [0.05, 0.1) is 46.7 Å². The molecule has 37 heavy (non-hydrogen) atoms. The van der Waals surface area contributed by atoms with Crippen molar-refractivity contribution < 1.29 is 22.3 Å². The molecule has 0 radical (unpaired) electrons. The predicted molar refractivity (Wildman–Crippen MR) is 137 cm³/mol. The molecular weight excluding hydrogens is 523 g/mol. The number of carbonyl (C=O) groups excluding carboxylic acids is 1. The van der Waals surface area contributed by atoms with Crippen LogP contribution in [0.15, 0.2) is 64.7 Å². The van der Waals surface area contributed by atoms with Gasteiger partial charge in [-0.15, -0.1) is 0 Å². The number of carbonyl (C=O) groups is 1. The molecule has 0 aliphatic rings. The zero-order chi connectivity index (χ0) is 26.9. The molecule has 4 rings (SSSR count). The number of sulfonamides is 1. The van der Waals surface area contributed by atoms with E-state index in [1.165, 1.54) is 18.0 Å². The van der Waals surface area contributed by atoms with Crippen molar-refractivity contribution in [2.24, 2.45) is 5.92 Å². The molecule has 0 fully saturated rings. The monoisotopic (exact) mass is 544 g/mol. The minimum atomic E-state index is -4.14. The van der Waals surface area contributed by atoms with E-state index in [0.29, 0.717) is 27.7 Å². The summed E-state index contributed by atoms with van der Waals surface area (Å²) in [4.78, 5) is 33.2. The second-order valence-corrected chi connectivity index (χ2v) is 10.5. The minimum Gasteiger partial charge on any atom is -0.469 e. The maximum Gasteiger partial charge on any atom is 0.310 e. The third kappa shape index (κ3) is 5.47. The minimum absolute atomic E-state index is 0.0998. The van der Waals surface area contributed by atoms with Crippen LogP contribution in [0.3, 0.4) is 0 Å². The molecule has 192 valence electrons. The first-order valence-corrected chi connectivity index (χ1v) is 12.9. The zero-order valence-electron chi connectivity index (χ0n) is 20.0. The number of rotatable bonds is 7. The predicted octanol–water partition coefficient (Wildman–Crippen LogP) is 4.17. The molecule has 0 aliphatic heterocycles. The Hall–Kier alpha value is -3.83. The Morgan fingerprint density at radius 1 is 1.16 bits per heavy atom. The first-order valence-electron chi connectivity index (χ1n) is 11.0. The quantitative estimate of drug-likeness (QED) is 0.347. The topological polar surface area (TPSA) is 120 Å². The highest BCUT2D eigenvalue weighted by Gasteiger charge is 2.20. The normalized spacial score (nSPS) is 12.4. The fourth-order valence-electron chi connectivity index (χ4n) is 3.73. The van der Waals surface area contributed by atoms with E-state index in [1.807, 2.05) is 0 Å². The molecule has 0 bridgehead atoms. The van der Waals surface area contributed by atoms with Gasteiger partial charge >= 0.3 is 5.97 Å². The fourth-order valence-corrected chi connectivity index (χ4v) is 5.37. The summed E-state index contributed by atoms with van der Waals surface area (Å²) in [5.74, 6) is -1.64. The molecule has 1 N–H and O–H groups in total. The summed E-state index contributed by atoms with van der Waals surface area (Å²) in [6, 6.07) is 9.61. The van der Waals surface area contributed by atoms with Crippen molar-refractivity contribution >= 4 is 44.2 Å². The number of hydrogen-bond donors (Lipinski definition) is 1. The largest absolute Gasteiger partial charge is 0.469 e. The van der Waals surface area contributed by atoms with Crippen LogP contribution in [0.25, 0.3) is 22.0 Å². The van der Waals surface area contributed by atoms with Crippen LogP contribution in [0.5, 0.6) is 0 Å². The fraction of sp³-hybridized carbons (Fsp3) is 0.200. The molecule has 0 spiro atoms. The molecule has 0 saturated heterocycles. The van der Waals surface area contributed by atoms with Gasteiger partial charge < -0.3 is 4.74 Å². The molecule has 4 aromatic rings. The van der Waals surface area contributed by atoms with Crippen LogP contribution in [-0.4, -0.2) is 36.0 Å². The highest BCUT2D eigenvalue weighted by molar-refractivity contribution is 7.92. The van der Waals surface area contributed by atoms with E-state index in [-0.39, 0.29) is 27.7 Å². The zero-order valence-corrected chi connectivity index (χ0v) is 21.6. The summed E-state index contributed by atoms with van der Waals surface area (Å²) >= 11 is 5.95. The summed E-state index contributed by atoms with van der Waals surface area (Å²) in [6.45, 7) is 3.38. The van der Waals surface area contributed by atoms with Crippen LogP contribution in [0.2, 0.25) is 5.02 Å². The number of benzene rings is 2. The SMILES string of the molecule is COC(=O)[C@H](C)Cn1cnc2ccc(-c3cnc(C)c(NS(=O)(=O)c4ccc(F)cc4Cl)c3)cc2c1=O. The maximum absolute atomic E-state index is 13.4. The molecule has 12 heteroatoms. The van der Waals surface area contributed by atoms with Gasteiger partial charge in [-0.25, -0.2) is 17.8 Å². The summed E-state index contributed by atoms with van der Waals surface area (Å²) < 4.78 is 47.7. The number of nitrogens with one attached hydrogen (secondary N) is 1. The third-order valence-corrected chi connectivity index (χ3v) is 7.59. The van der Waals surface area contributed by atoms with Gasteiger partial charge in [0.1, 0.15) is 10.7 Å². The van der Waals surface area contributed by atoms with Crippen LogP contribution < -0.4 is 10.3 Å². The lowest BCUT2D eigenvalue weighted by molar-refractivity contribution is -0.145. The molecule has 1 atom stereocenters. The molecule has 2 aromatic heterocycles. The Labute approximate surface area is 217 Å². The smallest absolute Gasteiger partial charge is 0.310 e. The van der Waals surface area contributed by atoms with Crippen LogP contribution in [0, 0.1) is 18.7 Å². The highest BCUT2D eigenvalue weighted by atomic mass is 35.5. The van der Waals surface area contributed by atoms with E-state index >= 15 is 0 Å². The van der Waals surface area contributed by atoms with Gasteiger partial charge in [-0.1, -0.05) is 24.6 Å². The van der Waals surface area contributed by atoms with Crippen LogP contribution in [0.4, 0.5) is 10.1 Å². The van der Waals surface area contributed by atoms with Gasteiger partial charge in [-0.2, -0.15) is 0 Å². The van der Waals surface area contributed by atoms with E-state index in [9.17, 15) is 22.4 Å². The highest BCUT2D eigenvalue weighted by Crippen LogP contribution is 2.29. The number of ether oxygens (including phenoxy) is 1. The number of aromatic nitrogens is 3. The van der Waals surface area contributed by atoms with Crippen molar-refractivity contribution in [3.8, 4) is 11.1 Å². The van der Waals surface area contributed by atoms with Gasteiger partial charge in [-0.3, -0.25) is 23.9 Å². The molecular formula is C25H22ClFN4O5S. The van der Waals surface area contributed by atoms with E-state index in [0.717, 1.165) is 18.2 Å². The van der Waals surface area contributed by atoms with Gasteiger partial charge in [0, 0.05) is 18.3 Å². The number of pyridine rings is 1. The second kappa shape index (κ2) is 10.3. The summed E-state index contributed by atoms with van der Waals surface area (Å²) in [7, 11) is -2.86. The van der Waals surface area contributed by atoms with Crippen LogP contribution in [-0.2, 0) is 26.1 Å². The van der Waals surface area contributed by atoms with E-state index < -0.39 is 27.7 Å². The number of nitrogens with zero attached hydrogens (tertiary/aromatic N) is 3. The van der Waals surface area contributed by atoms with Crippen LogP contribution >= 0.6 is 11.6 Å². The van der Waals surface area contributed by atoms with Gasteiger partial charge in [0.2, 0.25) is 0 Å². The number of esters is 1. The molecule has 2 aromatic carbocycles. The van der Waals surface area contributed by atoms with E-state index in [4.69, 9.17) is 16.3 Å². The van der Waals surface area contributed by atoms with Crippen molar-refractivity contribution in [1.29, 1.82) is 0 Å². The van der Waals surface area contributed by atoms with Crippen molar-refractivity contribution in [2.45, 2.75) is 25.3 Å². The first kappa shape index (κ1) is 26.2. The van der Waals surface area contributed by atoms with Crippen molar-refractivity contribution in [3.05, 3.63) is 81.9 Å². The van der Waals surface area contributed by atoms with Gasteiger partial charge in [-0.05, 0) is 48.9 Å². The average Bonchev–Trinajstić information content (AvgIpc) is 2.86. The number of fused-ring (bicyclic) bond motifs is 1. The second-order valence-electron chi connectivity index (χ2n) is 8.40. The third-order valence-electron chi connectivity index (χ3n) is 5.75. The van der Waals surface area contributed by atoms with Gasteiger partial charge in [0.15, 0.2) is 0 Å². The van der Waals surface area contributed by atoms with E-state index in [1.54, 1.807) is 44.3 Å². The number of hydrogen-bond acceptors (Lipinski definition) is 7. The standard InChI is InChI=1S/C25H22ClFN4O5S/c1-14(25(33)36-3)12-31-13-29-21-6-4-16(8-19(21)24(31)32)17-9-22(15(2)28-11-17)30-37(34,35)23-7-5-18(27)10-20(23)26/h4-11,13-14,30H,12H2,1-3H3/t14-/m1/s1. The molecule has 0 saturated carbocycles. The van der Waals surface area contributed by atoms with Crippen LogP contribution in [0.1, 0.15) is 12.6 Å². The number of aryl methyl sites for hydroxylation is 1. The van der Waals surface area contributed by atoms with Crippen molar-refractivity contribution in [2.75, 3.05) is 11.8 Å². The molecule has 2 heterocycles. The maximum atomic E-state index is 13.4. The average molecular weight is 545 g/mol. The Morgan fingerprint density at radius 3 is 2.62 bits per heavy atom. The number of halogens is 2. The Morgan fingerprint density at radius 2 is 1.92 bits per heavy atom. The first-order chi connectivity index (χ1) is 17.5. The summed E-state index contributed by atoms with van der Waals surface area (Å²) in [6.07, 6.45) is 2.93.